The molecule has 2 N–H and O–H groups in total. The summed E-state index contributed by atoms with van der Waals surface area (Å²) in [5.41, 5.74) is 1.38. The van der Waals surface area contributed by atoms with E-state index >= 15 is 0 Å². The molecule has 0 bridgehead atoms. The number of carboxylic acid groups (broad SMARTS) is 1. The molecule has 7 heteroatoms. The van der Waals surface area contributed by atoms with Gasteiger partial charge in [0.2, 0.25) is 0 Å². The van der Waals surface area contributed by atoms with Gasteiger partial charge in [-0.05, 0) is 50.5 Å². The molecule has 0 atom stereocenters. The number of rotatable bonds is 3. The number of carbonyl (C=O) groups is 1. The molecule has 1 aliphatic heterocycles. The van der Waals surface area contributed by atoms with Crippen molar-refractivity contribution in [3.05, 3.63) is 34.9 Å². The van der Waals surface area contributed by atoms with Gasteiger partial charge in [-0.3, -0.25) is 0 Å². The van der Waals surface area contributed by atoms with Crippen LogP contribution in [0.2, 0.25) is 0 Å². The molecule has 1 heterocycles. The van der Waals surface area contributed by atoms with Crippen LogP contribution in [-0.2, 0) is 23.2 Å². The molecule has 0 saturated carbocycles. The van der Waals surface area contributed by atoms with Gasteiger partial charge in [-0.15, -0.1) is 0 Å². The Morgan fingerprint density at radius 3 is 2.52 bits per heavy atom. The summed E-state index contributed by atoms with van der Waals surface area (Å²) < 4.78 is 28.6. The quantitative estimate of drug-likeness (QED) is 0.882. The molecule has 0 radical (unpaired) electrons. The fraction of sp³-hybridized carbons (Fsp3) is 0.500. The van der Waals surface area contributed by atoms with Crippen molar-refractivity contribution in [2.24, 2.45) is 0 Å². The monoisotopic (exact) mass is 312 g/mol. The lowest BCUT2D eigenvalue weighted by molar-refractivity contribution is 0.0696. The molecular formula is C14H20N2O4S. The van der Waals surface area contributed by atoms with Crippen LogP contribution in [0, 0.1) is 0 Å². The Morgan fingerprint density at radius 1 is 1.29 bits per heavy atom. The van der Waals surface area contributed by atoms with E-state index in [9.17, 15) is 13.2 Å². The van der Waals surface area contributed by atoms with Crippen LogP contribution in [0.3, 0.4) is 0 Å². The minimum atomic E-state index is -3.58. The molecule has 0 fully saturated rings. The van der Waals surface area contributed by atoms with Gasteiger partial charge in [0, 0.05) is 18.6 Å². The summed E-state index contributed by atoms with van der Waals surface area (Å²) in [7, 11) is -3.58. The van der Waals surface area contributed by atoms with E-state index in [1.54, 1.807) is 39.0 Å². The van der Waals surface area contributed by atoms with Crippen LogP contribution in [0.25, 0.3) is 0 Å². The molecule has 0 spiro atoms. The number of fused-ring (bicyclic) bond motifs is 1. The zero-order chi connectivity index (χ0) is 15.8. The largest absolute Gasteiger partial charge is 0.478 e. The Labute approximate surface area is 125 Å². The van der Waals surface area contributed by atoms with Gasteiger partial charge in [-0.1, -0.05) is 6.07 Å². The van der Waals surface area contributed by atoms with Crippen molar-refractivity contribution < 1.29 is 18.3 Å². The topological polar surface area (TPSA) is 86.7 Å². The third-order valence-electron chi connectivity index (χ3n) is 3.21. The Hall–Kier alpha value is -1.44. The summed E-state index contributed by atoms with van der Waals surface area (Å²) in [6.07, 6.45) is 0.584. The average Bonchev–Trinajstić information content (AvgIpc) is 2.34. The van der Waals surface area contributed by atoms with Crippen LogP contribution in [0.4, 0.5) is 0 Å². The highest BCUT2D eigenvalue weighted by atomic mass is 32.2. The number of hydrogen-bond donors (Lipinski definition) is 2. The Bertz CT molecular complexity index is 662. The van der Waals surface area contributed by atoms with E-state index in [1.165, 1.54) is 4.31 Å². The second kappa shape index (κ2) is 5.40. The van der Waals surface area contributed by atoms with Crippen molar-refractivity contribution in [2.75, 3.05) is 6.54 Å². The smallest absolute Gasteiger partial charge is 0.335 e. The first-order chi connectivity index (χ1) is 9.58. The van der Waals surface area contributed by atoms with Crippen LogP contribution in [-0.4, -0.2) is 35.9 Å². The summed E-state index contributed by atoms with van der Waals surface area (Å²) in [6, 6.07) is 4.87. The van der Waals surface area contributed by atoms with Crippen LogP contribution >= 0.6 is 0 Å². The van der Waals surface area contributed by atoms with Gasteiger partial charge in [0.05, 0.1) is 5.56 Å². The van der Waals surface area contributed by atoms with Gasteiger partial charge in [-0.25, -0.2) is 4.79 Å². The average molecular weight is 312 g/mol. The fourth-order valence-electron chi connectivity index (χ4n) is 2.32. The third-order valence-corrected chi connectivity index (χ3v) is 5.07. The molecule has 1 aromatic rings. The number of aromatic carboxylic acids is 1. The van der Waals surface area contributed by atoms with Gasteiger partial charge in [-0.2, -0.15) is 17.4 Å². The fourth-order valence-corrected chi connectivity index (χ4v) is 3.86. The molecule has 1 aromatic carbocycles. The summed E-state index contributed by atoms with van der Waals surface area (Å²) >= 11 is 0. The third kappa shape index (κ3) is 3.81. The van der Waals surface area contributed by atoms with Crippen molar-refractivity contribution in [3.8, 4) is 0 Å². The zero-order valence-electron chi connectivity index (χ0n) is 12.4. The lowest BCUT2D eigenvalue weighted by Gasteiger charge is -2.31. The van der Waals surface area contributed by atoms with E-state index in [4.69, 9.17) is 5.11 Å². The first-order valence-electron chi connectivity index (χ1n) is 6.73. The normalized spacial score (nSPS) is 16.5. The predicted molar refractivity (Wildman–Crippen MR) is 79.3 cm³/mol. The van der Waals surface area contributed by atoms with Crippen molar-refractivity contribution in [2.45, 2.75) is 39.3 Å². The van der Waals surface area contributed by atoms with E-state index in [0.29, 0.717) is 13.0 Å². The molecule has 0 saturated heterocycles. The Kier molecular flexibility index (Phi) is 4.10. The van der Waals surface area contributed by atoms with E-state index in [0.717, 1.165) is 11.1 Å². The van der Waals surface area contributed by atoms with Gasteiger partial charge in [0.25, 0.3) is 10.2 Å². The van der Waals surface area contributed by atoms with Crippen molar-refractivity contribution in [1.29, 1.82) is 0 Å². The second-order valence-electron chi connectivity index (χ2n) is 6.23. The highest BCUT2D eigenvalue weighted by Crippen LogP contribution is 2.22. The van der Waals surface area contributed by atoms with Crippen LogP contribution in [0.5, 0.6) is 0 Å². The van der Waals surface area contributed by atoms with Crippen LogP contribution in [0.15, 0.2) is 18.2 Å². The first kappa shape index (κ1) is 15.9. The van der Waals surface area contributed by atoms with E-state index in [1.807, 2.05) is 0 Å². The van der Waals surface area contributed by atoms with E-state index in [-0.39, 0.29) is 12.1 Å². The Balaban J connectivity index is 2.26. The van der Waals surface area contributed by atoms with Crippen molar-refractivity contribution in [3.63, 3.8) is 0 Å². The lowest BCUT2D eigenvalue weighted by atomic mass is 9.99. The molecule has 0 aliphatic carbocycles. The molecule has 6 nitrogen and oxygen atoms in total. The highest BCUT2D eigenvalue weighted by Gasteiger charge is 2.30. The number of carboxylic acids is 1. The maximum absolute atomic E-state index is 12.3. The number of hydrogen-bond acceptors (Lipinski definition) is 3. The zero-order valence-corrected chi connectivity index (χ0v) is 13.2. The van der Waals surface area contributed by atoms with Crippen LogP contribution in [0.1, 0.15) is 42.3 Å². The molecule has 116 valence electrons. The first-order valence-corrected chi connectivity index (χ1v) is 8.17. The summed E-state index contributed by atoms with van der Waals surface area (Å²) in [5.74, 6) is -1.01. The van der Waals surface area contributed by atoms with Crippen molar-refractivity contribution >= 4 is 16.2 Å². The molecule has 0 unspecified atom stereocenters. The molecule has 1 aliphatic rings. The molecule has 0 aromatic heterocycles. The number of nitrogens with one attached hydrogen (secondary N) is 1. The molecule has 21 heavy (non-hydrogen) atoms. The lowest BCUT2D eigenvalue weighted by Crippen LogP contribution is -2.50. The molecular weight excluding hydrogens is 292 g/mol. The van der Waals surface area contributed by atoms with Gasteiger partial charge in [0.1, 0.15) is 0 Å². The maximum atomic E-state index is 12.3. The van der Waals surface area contributed by atoms with Crippen molar-refractivity contribution in [1.82, 2.24) is 9.03 Å². The SMILES string of the molecule is CC(C)(C)NS(=O)(=O)N1CCc2ccc(C(=O)O)cc2C1. The second-order valence-corrected chi connectivity index (χ2v) is 7.90. The van der Waals surface area contributed by atoms with E-state index < -0.39 is 21.7 Å². The Morgan fingerprint density at radius 2 is 1.95 bits per heavy atom. The van der Waals surface area contributed by atoms with E-state index in [2.05, 4.69) is 4.72 Å². The van der Waals surface area contributed by atoms with Gasteiger partial charge >= 0.3 is 5.97 Å². The van der Waals surface area contributed by atoms with Gasteiger partial charge in [0.15, 0.2) is 0 Å². The number of benzene rings is 1. The molecule has 2 rings (SSSR count). The summed E-state index contributed by atoms with van der Waals surface area (Å²) in [4.78, 5) is 11.0. The minimum absolute atomic E-state index is 0.178. The number of nitrogens with zero attached hydrogens (tertiary/aromatic N) is 1. The van der Waals surface area contributed by atoms with Crippen LogP contribution < -0.4 is 4.72 Å². The predicted octanol–water partition coefficient (Wildman–Crippen LogP) is 1.38. The highest BCUT2D eigenvalue weighted by molar-refractivity contribution is 7.87. The standard InChI is InChI=1S/C14H20N2O4S/c1-14(2,3)15-21(19,20)16-7-6-10-4-5-11(13(17)18)8-12(10)9-16/h4-5,8,15H,6-7,9H2,1-3H3,(H,17,18). The van der Waals surface area contributed by atoms with Gasteiger partial charge < -0.3 is 5.11 Å². The summed E-state index contributed by atoms with van der Waals surface area (Å²) in [5, 5.41) is 9.02. The molecule has 0 amide bonds. The summed E-state index contributed by atoms with van der Waals surface area (Å²) in [6.45, 7) is 5.94. The maximum Gasteiger partial charge on any atom is 0.335 e. The minimum Gasteiger partial charge on any atom is -0.478 e.